The van der Waals surface area contributed by atoms with Gasteiger partial charge in [0, 0.05) is 0 Å². The largest absolute Gasteiger partial charge is 0.366 e. The highest BCUT2D eigenvalue weighted by molar-refractivity contribution is 6.08. The van der Waals surface area contributed by atoms with Gasteiger partial charge in [-0.15, -0.1) is 35.4 Å². The number of hydrogen-bond donors (Lipinski definition) is 0. The summed E-state index contributed by atoms with van der Waals surface area (Å²) in [6.07, 6.45) is 14.4. The lowest BCUT2D eigenvalue weighted by atomic mass is 9.98. The van der Waals surface area contributed by atoms with Crippen molar-refractivity contribution in [2.45, 2.75) is 0 Å². The van der Waals surface area contributed by atoms with E-state index in [0.717, 1.165) is 32.7 Å². The maximum Gasteiger partial charge on any atom is -0.0208 e. The van der Waals surface area contributed by atoms with Crippen LogP contribution in [0, 0.1) is 24.7 Å². The monoisotopic (exact) mass is 224 g/mol. The third-order valence-electron chi connectivity index (χ3n) is 3.13. The smallest absolute Gasteiger partial charge is 0.0208 e. The third kappa shape index (κ3) is 1.53. The molecule has 0 radical (unpaired) electrons. The molecule has 3 rings (SSSR count). The molecule has 0 heteroatoms. The van der Waals surface area contributed by atoms with Crippen LogP contribution in [0.4, 0.5) is 0 Å². The Labute approximate surface area is 106 Å². The molecule has 0 aliphatic rings. The minimum atomic E-state index is 0.763. The molecule has 0 unspecified atom stereocenters. The number of rotatable bonds is 0. The standard InChI is InChI=1S/C18H8/c1-3-13-5-7-15-9-10-16-8-6-14(4-2)12-18(16)17(15)11-13/h5-12H/q-2. The molecule has 0 aromatic heterocycles. The highest BCUT2D eigenvalue weighted by atomic mass is 14.1. The van der Waals surface area contributed by atoms with E-state index in [1.165, 1.54) is 0 Å². The molecule has 0 N–H and O–H groups in total. The van der Waals surface area contributed by atoms with E-state index in [0.29, 0.717) is 0 Å². The van der Waals surface area contributed by atoms with E-state index >= 15 is 0 Å². The van der Waals surface area contributed by atoms with Gasteiger partial charge in [-0.25, -0.2) is 0 Å². The van der Waals surface area contributed by atoms with Gasteiger partial charge in [-0.2, -0.15) is 0 Å². The summed E-state index contributed by atoms with van der Waals surface area (Å²) in [5.41, 5.74) is 1.53. The van der Waals surface area contributed by atoms with Gasteiger partial charge in [-0.05, 0) is 21.5 Å². The van der Waals surface area contributed by atoms with Gasteiger partial charge in [0.1, 0.15) is 0 Å². The van der Waals surface area contributed by atoms with E-state index in [-0.39, 0.29) is 0 Å². The molecule has 0 spiro atoms. The van der Waals surface area contributed by atoms with Gasteiger partial charge in [-0.1, -0.05) is 24.3 Å². The molecule has 0 saturated carbocycles. The first-order chi connectivity index (χ1) is 8.81. The Morgan fingerprint density at radius 3 is 1.39 bits per heavy atom. The van der Waals surface area contributed by atoms with Crippen LogP contribution >= 0.6 is 0 Å². The lowest BCUT2D eigenvalue weighted by Gasteiger charge is -2.10. The van der Waals surface area contributed by atoms with Crippen molar-refractivity contribution in [1.29, 1.82) is 0 Å². The van der Waals surface area contributed by atoms with Gasteiger partial charge in [0.05, 0.1) is 0 Å². The number of hydrogen-bond acceptors (Lipinski definition) is 0. The SMILES string of the molecule is [C-]#Cc1ccc2ccc3ccc(C#[C-])cc3c2c1. The lowest BCUT2D eigenvalue weighted by molar-refractivity contribution is 1.69. The van der Waals surface area contributed by atoms with Crippen molar-refractivity contribution in [3.05, 3.63) is 72.5 Å². The average Bonchev–Trinajstić information content (AvgIpc) is 2.45. The van der Waals surface area contributed by atoms with Crippen LogP contribution in [0.3, 0.4) is 0 Å². The molecule has 82 valence electrons. The van der Waals surface area contributed by atoms with E-state index in [1.54, 1.807) is 0 Å². The molecule has 0 heterocycles. The van der Waals surface area contributed by atoms with Gasteiger partial charge < -0.3 is 12.8 Å². The van der Waals surface area contributed by atoms with Crippen LogP contribution in [0.2, 0.25) is 0 Å². The highest BCUT2D eigenvalue weighted by Gasteiger charge is 1.97. The first kappa shape index (κ1) is 10.5. The van der Waals surface area contributed by atoms with Gasteiger partial charge in [-0.3, -0.25) is 11.8 Å². The second-order valence-corrected chi connectivity index (χ2v) is 4.19. The van der Waals surface area contributed by atoms with Crippen LogP contribution in [0.5, 0.6) is 0 Å². The molecular weight excluding hydrogens is 216 g/mol. The average molecular weight is 224 g/mol. The quantitative estimate of drug-likeness (QED) is 0.309. The van der Waals surface area contributed by atoms with Crippen LogP contribution in [-0.2, 0) is 0 Å². The summed E-state index contributed by atoms with van der Waals surface area (Å²) >= 11 is 0. The van der Waals surface area contributed by atoms with Crippen molar-refractivity contribution in [1.82, 2.24) is 0 Å². The minimum Gasteiger partial charge on any atom is -0.366 e. The fourth-order valence-electron chi connectivity index (χ4n) is 2.20. The Hall–Kier alpha value is -2.70. The maximum absolute atomic E-state index is 7.21. The van der Waals surface area contributed by atoms with Gasteiger partial charge in [0.2, 0.25) is 0 Å². The summed E-state index contributed by atoms with van der Waals surface area (Å²) < 4.78 is 0. The topological polar surface area (TPSA) is 0 Å². The van der Waals surface area contributed by atoms with E-state index < -0.39 is 0 Å². The van der Waals surface area contributed by atoms with Crippen LogP contribution in [0.25, 0.3) is 21.5 Å². The van der Waals surface area contributed by atoms with E-state index in [1.807, 2.05) is 36.4 Å². The molecule has 18 heavy (non-hydrogen) atoms. The summed E-state index contributed by atoms with van der Waals surface area (Å²) in [5, 5.41) is 4.43. The van der Waals surface area contributed by atoms with Crippen molar-refractivity contribution in [3.63, 3.8) is 0 Å². The van der Waals surface area contributed by atoms with Crippen molar-refractivity contribution in [3.8, 4) is 11.8 Å². The zero-order valence-corrected chi connectivity index (χ0v) is 9.62. The predicted octanol–water partition coefficient (Wildman–Crippen LogP) is 3.87. The molecule has 0 aliphatic carbocycles. The second-order valence-electron chi connectivity index (χ2n) is 4.19. The Morgan fingerprint density at radius 2 is 1.00 bits per heavy atom. The fourth-order valence-corrected chi connectivity index (χ4v) is 2.20. The van der Waals surface area contributed by atoms with E-state index in [2.05, 4.69) is 24.0 Å². The lowest BCUT2D eigenvalue weighted by Crippen LogP contribution is -1.82. The molecular formula is C18H8-2. The van der Waals surface area contributed by atoms with E-state index in [4.69, 9.17) is 12.8 Å². The molecule has 0 saturated heterocycles. The van der Waals surface area contributed by atoms with Crippen LogP contribution in [-0.4, -0.2) is 0 Å². The van der Waals surface area contributed by atoms with Gasteiger partial charge >= 0.3 is 0 Å². The van der Waals surface area contributed by atoms with Crippen LogP contribution < -0.4 is 0 Å². The molecule has 0 nitrogen and oxygen atoms in total. The molecule has 3 aromatic rings. The highest BCUT2D eigenvalue weighted by Crippen LogP contribution is 2.27. The molecule has 0 fully saturated rings. The summed E-state index contributed by atoms with van der Waals surface area (Å²) in [7, 11) is 0. The zero-order valence-electron chi connectivity index (χ0n) is 9.62. The van der Waals surface area contributed by atoms with Crippen LogP contribution in [0.1, 0.15) is 11.1 Å². The van der Waals surface area contributed by atoms with Gasteiger partial charge in [0.25, 0.3) is 0 Å². The normalized spacial score (nSPS) is 10.1. The number of fused-ring (bicyclic) bond motifs is 3. The summed E-state index contributed by atoms with van der Waals surface area (Å²) in [6.45, 7) is 0. The molecule has 0 aliphatic heterocycles. The molecule has 0 bridgehead atoms. The second kappa shape index (κ2) is 3.95. The van der Waals surface area contributed by atoms with Crippen molar-refractivity contribution < 1.29 is 0 Å². The predicted molar refractivity (Wildman–Crippen MR) is 73.9 cm³/mol. The van der Waals surface area contributed by atoms with Crippen molar-refractivity contribution in [2.75, 3.05) is 0 Å². The summed E-state index contributed by atoms with van der Waals surface area (Å²) in [4.78, 5) is 0. The Balaban J connectivity index is 2.50. The van der Waals surface area contributed by atoms with Crippen molar-refractivity contribution in [2.24, 2.45) is 0 Å². The first-order valence-electron chi connectivity index (χ1n) is 5.64. The summed E-state index contributed by atoms with van der Waals surface area (Å²) in [5.74, 6) is 4.82. The maximum atomic E-state index is 7.21. The Kier molecular flexibility index (Phi) is 2.30. The molecule has 3 aromatic carbocycles. The Morgan fingerprint density at radius 1 is 0.611 bits per heavy atom. The van der Waals surface area contributed by atoms with Crippen LogP contribution in [0.15, 0.2) is 48.5 Å². The fraction of sp³-hybridized carbons (Fsp3) is 0. The van der Waals surface area contributed by atoms with Gasteiger partial charge in [0.15, 0.2) is 0 Å². The van der Waals surface area contributed by atoms with Crippen molar-refractivity contribution >= 4 is 21.5 Å². The zero-order chi connectivity index (χ0) is 12.5. The first-order valence-corrected chi connectivity index (χ1v) is 5.64. The molecule has 0 atom stereocenters. The Bertz CT molecular complexity index is 767. The molecule has 0 amide bonds. The summed E-state index contributed by atoms with van der Waals surface area (Å²) in [6, 6.07) is 15.8. The third-order valence-corrected chi connectivity index (χ3v) is 3.13. The minimum absolute atomic E-state index is 0.763. The number of benzene rings is 3. The van der Waals surface area contributed by atoms with E-state index in [9.17, 15) is 0 Å².